The van der Waals surface area contributed by atoms with Crippen molar-refractivity contribution in [3.8, 4) is 0 Å². The number of nitrogens with zero attached hydrogens (tertiary/aromatic N) is 3. The summed E-state index contributed by atoms with van der Waals surface area (Å²) in [4.78, 5) is 20.5. The lowest BCUT2D eigenvalue weighted by molar-refractivity contribution is -0.129. The van der Waals surface area contributed by atoms with Crippen LogP contribution in [0.25, 0.3) is 0 Å². The summed E-state index contributed by atoms with van der Waals surface area (Å²) >= 11 is 0. The molecule has 1 amide bonds. The quantitative estimate of drug-likeness (QED) is 0.249. The van der Waals surface area contributed by atoms with E-state index in [4.69, 9.17) is 0 Å². The molecule has 148 valence electrons. The first kappa shape index (κ1) is 24.4. The number of likely N-dealkylation sites (tertiary alicyclic amines) is 1. The van der Waals surface area contributed by atoms with Crippen LogP contribution in [0.5, 0.6) is 0 Å². The minimum Gasteiger partial charge on any atom is -0.356 e. The van der Waals surface area contributed by atoms with Crippen LogP contribution in [0.4, 0.5) is 0 Å². The van der Waals surface area contributed by atoms with Crippen LogP contribution in [0.1, 0.15) is 53.9 Å². The van der Waals surface area contributed by atoms with Crippen LogP contribution in [-0.2, 0) is 4.79 Å². The number of halogens is 1. The molecule has 0 aromatic heterocycles. The van der Waals surface area contributed by atoms with Gasteiger partial charge >= 0.3 is 0 Å². The highest BCUT2D eigenvalue weighted by atomic mass is 127. The summed E-state index contributed by atoms with van der Waals surface area (Å²) in [6.07, 6.45) is 2.66. The first-order valence-electron chi connectivity index (χ1n) is 9.39. The molecule has 1 heterocycles. The van der Waals surface area contributed by atoms with E-state index >= 15 is 0 Å². The molecule has 0 saturated carbocycles. The summed E-state index contributed by atoms with van der Waals surface area (Å²) < 4.78 is 0. The lowest BCUT2D eigenvalue weighted by Crippen LogP contribution is -2.46. The molecule has 1 aliphatic rings. The highest BCUT2D eigenvalue weighted by Gasteiger charge is 2.25. The van der Waals surface area contributed by atoms with Crippen molar-refractivity contribution in [3.05, 3.63) is 0 Å². The van der Waals surface area contributed by atoms with Crippen LogP contribution in [0.15, 0.2) is 4.99 Å². The van der Waals surface area contributed by atoms with Gasteiger partial charge in [0, 0.05) is 57.8 Å². The van der Waals surface area contributed by atoms with E-state index in [1.165, 1.54) is 0 Å². The second kappa shape index (κ2) is 12.7. The van der Waals surface area contributed by atoms with Gasteiger partial charge in [-0.2, -0.15) is 0 Å². The fourth-order valence-corrected chi connectivity index (χ4v) is 3.30. The topological polar surface area (TPSA) is 60.0 Å². The van der Waals surface area contributed by atoms with Crippen molar-refractivity contribution < 1.29 is 4.79 Å². The van der Waals surface area contributed by atoms with Crippen molar-refractivity contribution in [2.45, 2.75) is 72.0 Å². The molecular weight excluding hydrogens is 429 g/mol. The molecule has 1 rings (SSSR count). The van der Waals surface area contributed by atoms with Gasteiger partial charge in [0.2, 0.25) is 5.91 Å². The summed E-state index contributed by atoms with van der Waals surface area (Å²) in [5, 5.41) is 6.84. The first-order chi connectivity index (χ1) is 11.4. The third kappa shape index (κ3) is 8.57. The van der Waals surface area contributed by atoms with Gasteiger partial charge in [0.15, 0.2) is 5.96 Å². The number of hydrogen-bond acceptors (Lipinski definition) is 3. The summed E-state index contributed by atoms with van der Waals surface area (Å²) in [5.41, 5.74) is 0. The van der Waals surface area contributed by atoms with E-state index in [1.807, 2.05) is 11.8 Å². The number of rotatable bonds is 8. The number of aliphatic imine (C=N–C) groups is 1. The number of carbonyl (C=O) groups excluding carboxylic acids is 1. The third-order valence-corrected chi connectivity index (χ3v) is 4.62. The number of nitrogens with one attached hydrogen (secondary N) is 2. The second-order valence-electron chi connectivity index (χ2n) is 7.10. The molecule has 0 radical (unpaired) electrons. The Morgan fingerprint density at radius 2 is 1.92 bits per heavy atom. The predicted octanol–water partition coefficient (Wildman–Crippen LogP) is 2.29. The van der Waals surface area contributed by atoms with Crippen molar-refractivity contribution in [1.29, 1.82) is 0 Å². The van der Waals surface area contributed by atoms with Crippen LogP contribution < -0.4 is 10.6 Å². The van der Waals surface area contributed by atoms with Gasteiger partial charge in [0.1, 0.15) is 0 Å². The molecule has 0 aliphatic carbocycles. The normalized spacial score (nSPS) is 18.0. The molecule has 0 spiro atoms. The van der Waals surface area contributed by atoms with E-state index in [-0.39, 0.29) is 29.9 Å². The van der Waals surface area contributed by atoms with Crippen molar-refractivity contribution >= 4 is 35.8 Å². The fraction of sp³-hybridized carbons (Fsp3) is 0.889. The van der Waals surface area contributed by atoms with Gasteiger partial charge in [-0.05, 0) is 40.5 Å². The lowest BCUT2D eigenvalue weighted by Gasteiger charge is -2.30. The summed E-state index contributed by atoms with van der Waals surface area (Å²) in [6.45, 7) is 14.5. The molecule has 7 heteroatoms. The van der Waals surface area contributed by atoms with Crippen LogP contribution in [-0.4, -0.2) is 73.0 Å². The molecule has 6 nitrogen and oxygen atoms in total. The van der Waals surface area contributed by atoms with E-state index in [0.29, 0.717) is 24.5 Å². The van der Waals surface area contributed by atoms with Crippen LogP contribution in [0, 0.1) is 0 Å². The molecule has 1 unspecified atom stereocenters. The predicted molar refractivity (Wildman–Crippen MR) is 117 cm³/mol. The van der Waals surface area contributed by atoms with Crippen molar-refractivity contribution in [1.82, 2.24) is 20.4 Å². The summed E-state index contributed by atoms with van der Waals surface area (Å²) in [7, 11) is 1.80. The minimum atomic E-state index is 0. The Kier molecular flexibility index (Phi) is 12.4. The van der Waals surface area contributed by atoms with Gasteiger partial charge in [-0.3, -0.25) is 14.7 Å². The Balaban J connectivity index is 0.00000576. The Bertz CT molecular complexity index is 406. The number of guanidine groups is 1. The van der Waals surface area contributed by atoms with Crippen molar-refractivity contribution in [3.63, 3.8) is 0 Å². The maximum Gasteiger partial charge on any atom is 0.222 e. The Hall–Kier alpha value is -0.570. The van der Waals surface area contributed by atoms with Gasteiger partial charge in [-0.15, -0.1) is 24.0 Å². The monoisotopic (exact) mass is 467 g/mol. The molecule has 0 aromatic carbocycles. The number of amides is 1. The van der Waals surface area contributed by atoms with Crippen LogP contribution in [0.2, 0.25) is 0 Å². The minimum absolute atomic E-state index is 0. The van der Waals surface area contributed by atoms with E-state index in [0.717, 1.165) is 45.0 Å². The molecule has 2 N–H and O–H groups in total. The van der Waals surface area contributed by atoms with Gasteiger partial charge in [-0.25, -0.2) is 0 Å². The molecule has 1 saturated heterocycles. The van der Waals surface area contributed by atoms with Gasteiger partial charge < -0.3 is 15.5 Å². The number of carbonyl (C=O) groups is 1. The second-order valence-corrected chi connectivity index (χ2v) is 7.10. The van der Waals surface area contributed by atoms with Crippen molar-refractivity contribution in [2.75, 3.05) is 33.2 Å². The Morgan fingerprint density at radius 1 is 1.28 bits per heavy atom. The zero-order valence-corrected chi connectivity index (χ0v) is 19.2. The van der Waals surface area contributed by atoms with Gasteiger partial charge in [0.05, 0.1) is 0 Å². The SMILES string of the molecule is CCC(=O)N1CCC(NC(=NC)NCCCN(C(C)C)C(C)C)C1.I. The Labute approximate surface area is 171 Å². The highest BCUT2D eigenvalue weighted by Crippen LogP contribution is 2.10. The maximum atomic E-state index is 11.7. The zero-order chi connectivity index (χ0) is 18.1. The van der Waals surface area contributed by atoms with Gasteiger partial charge in [-0.1, -0.05) is 6.92 Å². The highest BCUT2D eigenvalue weighted by molar-refractivity contribution is 14.0. The molecule has 0 bridgehead atoms. The maximum absolute atomic E-state index is 11.7. The molecule has 1 atom stereocenters. The molecule has 1 aliphatic heterocycles. The van der Waals surface area contributed by atoms with Crippen LogP contribution in [0.3, 0.4) is 0 Å². The van der Waals surface area contributed by atoms with E-state index in [9.17, 15) is 4.79 Å². The van der Waals surface area contributed by atoms with E-state index in [1.54, 1.807) is 7.05 Å². The molecule has 1 fully saturated rings. The van der Waals surface area contributed by atoms with E-state index < -0.39 is 0 Å². The Morgan fingerprint density at radius 3 is 2.44 bits per heavy atom. The van der Waals surface area contributed by atoms with Crippen molar-refractivity contribution in [2.24, 2.45) is 4.99 Å². The largest absolute Gasteiger partial charge is 0.356 e. The van der Waals surface area contributed by atoms with Gasteiger partial charge in [0.25, 0.3) is 0 Å². The lowest BCUT2D eigenvalue weighted by atomic mass is 10.2. The third-order valence-electron chi connectivity index (χ3n) is 4.62. The average molecular weight is 467 g/mol. The molecule has 0 aromatic rings. The first-order valence-corrected chi connectivity index (χ1v) is 9.39. The smallest absolute Gasteiger partial charge is 0.222 e. The molecular formula is C18H38IN5O. The fourth-order valence-electron chi connectivity index (χ4n) is 3.30. The molecule has 25 heavy (non-hydrogen) atoms. The van der Waals surface area contributed by atoms with E-state index in [2.05, 4.69) is 48.2 Å². The number of hydrogen-bond donors (Lipinski definition) is 2. The van der Waals surface area contributed by atoms with Crippen LogP contribution >= 0.6 is 24.0 Å². The summed E-state index contributed by atoms with van der Waals surface area (Å²) in [6, 6.07) is 1.44. The average Bonchev–Trinajstić information content (AvgIpc) is 3.00. The standard InChI is InChI=1S/C18H37N5O.HI/c1-7-17(24)22-12-9-16(13-22)21-18(19-6)20-10-8-11-23(14(2)3)15(4)5;/h14-16H,7-13H2,1-6H3,(H2,19,20,21);1H. The summed E-state index contributed by atoms with van der Waals surface area (Å²) in [5.74, 6) is 1.08. The zero-order valence-electron chi connectivity index (χ0n) is 16.8.